The van der Waals surface area contributed by atoms with E-state index in [1.165, 1.54) is 6.42 Å². The van der Waals surface area contributed by atoms with Crippen molar-refractivity contribution in [1.29, 1.82) is 0 Å². The third-order valence-corrected chi connectivity index (χ3v) is 3.06. The normalized spacial score (nSPS) is 24.0. The summed E-state index contributed by atoms with van der Waals surface area (Å²) in [6, 6.07) is -0.180. The highest BCUT2D eigenvalue weighted by molar-refractivity contribution is 8.00. The monoisotopic (exact) mass is 204 g/mol. The molecule has 4 nitrogen and oxygen atoms in total. The Labute approximate surface area is 82.5 Å². The average Bonchev–Trinajstić information content (AvgIpc) is 2.53. The van der Waals surface area contributed by atoms with Crippen LogP contribution in [-0.2, 0) is 0 Å². The molecule has 1 rings (SSSR count). The maximum atomic E-state index is 11.2. The van der Waals surface area contributed by atoms with E-state index in [1.807, 2.05) is 0 Å². The number of urea groups is 1. The molecule has 2 atom stereocenters. The van der Waals surface area contributed by atoms with Gasteiger partial charge in [-0.2, -0.15) is 0 Å². The number of hydrogen-bond donors (Lipinski definition) is 3. The fraction of sp³-hybridized carbons (Fsp3) is 0.875. The number of aliphatic hydroxyl groups is 1. The summed E-state index contributed by atoms with van der Waals surface area (Å²) in [6.45, 7) is 1.95. The molecule has 0 bridgehead atoms. The van der Waals surface area contributed by atoms with E-state index in [1.54, 1.807) is 18.7 Å². The molecule has 1 heterocycles. The van der Waals surface area contributed by atoms with E-state index in [0.29, 0.717) is 6.54 Å². The van der Waals surface area contributed by atoms with Crippen LogP contribution in [0.3, 0.4) is 0 Å². The molecular weight excluding hydrogens is 188 g/mol. The fourth-order valence-corrected chi connectivity index (χ4v) is 2.27. The summed E-state index contributed by atoms with van der Waals surface area (Å²) in [4.78, 5) is 11.2. The molecule has 0 aromatic heterocycles. The molecule has 0 saturated carbocycles. The van der Waals surface area contributed by atoms with E-state index in [4.69, 9.17) is 5.11 Å². The van der Waals surface area contributed by atoms with Gasteiger partial charge in [-0.3, -0.25) is 0 Å². The van der Waals surface area contributed by atoms with Crippen LogP contribution in [-0.4, -0.2) is 34.9 Å². The summed E-state index contributed by atoms with van der Waals surface area (Å²) < 4.78 is 0. The topological polar surface area (TPSA) is 61.4 Å². The molecule has 1 saturated heterocycles. The molecule has 1 aliphatic heterocycles. The van der Waals surface area contributed by atoms with Gasteiger partial charge in [-0.25, -0.2) is 4.79 Å². The quantitative estimate of drug-likeness (QED) is 0.628. The van der Waals surface area contributed by atoms with Crippen molar-refractivity contribution in [2.45, 2.75) is 31.2 Å². The van der Waals surface area contributed by atoms with Gasteiger partial charge in [0.05, 0.1) is 11.5 Å². The van der Waals surface area contributed by atoms with Crippen LogP contribution in [0.4, 0.5) is 4.79 Å². The predicted octanol–water partition coefficient (Wildman–Crippen LogP) is 0.520. The first-order chi connectivity index (χ1) is 6.18. The van der Waals surface area contributed by atoms with E-state index in [9.17, 15) is 4.79 Å². The second-order valence-electron chi connectivity index (χ2n) is 3.21. The summed E-state index contributed by atoms with van der Waals surface area (Å²) in [7, 11) is 0. The Morgan fingerprint density at radius 1 is 1.77 bits per heavy atom. The number of carbonyl (C=O) groups is 1. The number of thioether (sulfide) groups is 1. The van der Waals surface area contributed by atoms with Gasteiger partial charge in [-0.1, -0.05) is 0 Å². The summed E-state index contributed by atoms with van der Waals surface area (Å²) in [5, 5.41) is 14.6. The lowest BCUT2D eigenvalue weighted by Crippen LogP contribution is -2.42. The van der Waals surface area contributed by atoms with Crippen molar-refractivity contribution in [3.05, 3.63) is 0 Å². The molecule has 0 spiro atoms. The summed E-state index contributed by atoms with van der Waals surface area (Å²) in [6.07, 6.45) is 1.74. The molecule has 0 aromatic rings. The number of rotatable bonds is 3. The van der Waals surface area contributed by atoms with Gasteiger partial charge < -0.3 is 15.7 Å². The molecule has 1 fully saturated rings. The Bertz CT molecular complexity index is 170. The first kappa shape index (κ1) is 10.7. The highest BCUT2D eigenvalue weighted by Gasteiger charge is 2.17. The predicted molar refractivity (Wildman–Crippen MR) is 53.7 cm³/mol. The van der Waals surface area contributed by atoms with Crippen molar-refractivity contribution in [2.75, 3.05) is 12.3 Å². The Morgan fingerprint density at radius 3 is 3.08 bits per heavy atom. The third-order valence-electron chi connectivity index (χ3n) is 1.78. The van der Waals surface area contributed by atoms with Crippen LogP contribution in [0.2, 0.25) is 0 Å². The highest BCUT2D eigenvalue weighted by Crippen LogP contribution is 2.23. The Balaban J connectivity index is 2.09. The SMILES string of the molecule is CC(O)CNC(=O)NC1CCCS1. The third kappa shape index (κ3) is 4.38. The van der Waals surface area contributed by atoms with E-state index >= 15 is 0 Å². The fourth-order valence-electron chi connectivity index (χ4n) is 1.13. The number of hydrogen-bond acceptors (Lipinski definition) is 3. The Morgan fingerprint density at radius 2 is 2.54 bits per heavy atom. The van der Waals surface area contributed by atoms with Gasteiger partial charge in [0.1, 0.15) is 0 Å². The largest absolute Gasteiger partial charge is 0.392 e. The van der Waals surface area contributed by atoms with E-state index < -0.39 is 6.10 Å². The van der Waals surface area contributed by atoms with Crippen molar-refractivity contribution in [1.82, 2.24) is 10.6 Å². The van der Waals surface area contributed by atoms with E-state index in [-0.39, 0.29) is 11.4 Å². The molecule has 5 heteroatoms. The molecular formula is C8H16N2O2S. The van der Waals surface area contributed by atoms with Crippen molar-refractivity contribution < 1.29 is 9.90 Å². The van der Waals surface area contributed by atoms with Crippen LogP contribution in [0.25, 0.3) is 0 Å². The molecule has 76 valence electrons. The minimum Gasteiger partial charge on any atom is -0.392 e. The van der Waals surface area contributed by atoms with Crippen LogP contribution in [0.1, 0.15) is 19.8 Å². The van der Waals surface area contributed by atoms with Gasteiger partial charge in [0, 0.05) is 6.54 Å². The summed E-state index contributed by atoms with van der Waals surface area (Å²) in [5.41, 5.74) is 0. The lowest BCUT2D eigenvalue weighted by Gasteiger charge is -2.12. The van der Waals surface area contributed by atoms with Gasteiger partial charge in [-0.15, -0.1) is 11.8 Å². The Hall–Kier alpha value is -0.420. The second kappa shape index (κ2) is 5.34. The van der Waals surface area contributed by atoms with Gasteiger partial charge >= 0.3 is 6.03 Å². The van der Waals surface area contributed by atoms with Crippen LogP contribution in [0.5, 0.6) is 0 Å². The van der Waals surface area contributed by atoms with Crippen molar-refractivity contribution >= 4 is 17.8 Å². The average molecular weight is 204 g/mol. The number of carbonyl (C=O) groups excluding carboxylic acids is 1. The zero-order chi connectivity index (χ0) is 9.68. The van der Waals surface area contributed by atoms with Crippen LogP contribution >= 0.6 is 11.8 Å². The molecule has 2 unspecified atom stereocenters. The van der Waals surface area contributed by atoms with Crippen molar-refractivity contribution in [3.8, 4) is 0 Å². The number of aliphatic hydroxyl groups excluding tert-OH is 1. The molecule has 0 radical (unpaired) electrons. The zero-order valence-electron chi connectivity index (χ0n) is 7.75. The summed E-state index contributed by atoms with van der Waals surface area (Å²) in [5.74, 6) is 1.13. The smallest absolute Gasteiger partial charge is 0.315 e. The summed E-state index contributed by atoms with van der Waals surface area (Å²) >= 11 is 1.77. The molecule has 0 aliphatic carbocycles. The molecule has 3 N–H and O–H groups in total. The highest BCUT2D eigenvalue weighted by atomic mass is 32.2. The van der Waals surface area contributed by atoms with E-state index in [2.05, 4.69) is 10.6 Å². The zero-order valence-corrected chi connectivity index (χ0v) is 8.56. The van der Waals surface area contributed by atoms with Gasteiger partial charge in [-0.05, 0) is 25.5 Å². The molecule has 2 amide bonds. The van der Waals surface area contributed by atoms with Gasteiger partial charge in [0.2, 0.25) is 0 Å². The van der Waals surface area contributed by atoms with Crippen molar-refractivity contribution in [2.24, 2.45) is 0 Å². The Kier molecular flexibility index (Phi) is 4.38. The standard InChI is InChI=1S/C8H16N2O2S/c1-6(11)5-9-8(12)10-7-3-2-4-13-7/h6-7,11H,2-5H2,1H3,(H2,9,10,12). The maximum absolute atomic E-state index is 11.2. The molecule has 0 aromatic carbocycles. The van der Waals surface area contributed by atoms with Crippen LogP contribution < -0.4 is 10.6 Å². The maximum Gasteiger partial charge on any atom is 0.315 e. The lowest BCUT2D eigenvalue weighted by molar-refractivity contribution is 0.187. The van der Waals surface area contributed by atoms with Crippen LogP contribution in [0, 0.1) is 0 Å². The van der Waals surface area contributed by atoms with Crippen molar-refractivity contribution in [3.63, 3.8) is 0 Å². The minimum absolute atomic E-state index is 0.180. The first-order valence-electron chi connectivity index (χ1n) is 4.52. The van der Waals surface area contributed by atoms with Crippen LogP contribution in [0.15, 0.2) is 0 Å². The first-order valence-corrected chi connectivity index (χ1v) is 5.57. The van der Waals surface area contributed by atoms with E-state index in [0.717, 1.165) is 12.2 Å². The van der Waals surface area contributed by atoms with Gasteiger partial charge in [0.15, 0.2) is 0 Å². The lowest BCUT2D eigenvalue weighted by atomic mass is 10.3. The molecule has 1 aliphatic rings. The van der Waals surface area contributed by atoms with Gasteiger partial charge in [0.25, 0.3) is 0 Å². The second-order valence-corrected chi connectivity index (χ2v) is 4.52. The number of nitrogens with one attached hydrogen (secondary N) is 2. The molecule has 13 heavy (non-hydrogen) atoms. The minimum atomic E-state index is -0.484. The number of amides is 2.